The summed E-state index contributed by atoms with van der Waals surface area (Å²) in [5.74, 6) is 1.16. The fourth-order valence-corrected chi connectivity index (χ4v) is 5.25. The van der Waals surface area contributed by atoms with Crippen molar-refractivity contribution in [1.82, 2.24) is 0 Å². The van der Waals surface area contributed by atoms with Gasteiger partial charge in [0.2, 0.25) is 0 Å². The summed E-state index contributed by atoms with van der Waals surface area (Å²) in [6, 6.07) is 0. The zero-order chi connectivity index (χ0) is 16.4. The molecule has 0 radical (unpaired) electrons. The van der Waals surface area contributed by atoms with Crippen molar-refractivity contribution in [3.05, 3.63) is 23.8 Å². The summed E-state index contributed by atoms with van der Waals surface area (Å²) < 4.78 is 0. The average Bonchev–Trinajstić information content (AvgIpc) is 2.44. The largest absolute Gasteiger partial charge is 0.303 e. The van der Waals surface area contributed by atoms with Gasteiger partial charge in [0.1, 0.15) is 12.6 Å². The molecule has 0 amide bonds. The van der Waals surface area contributed by atoms with Crippen LogP contribution in [0.15, 0.2) is 23.8 Å². The van der Waals surface area contributed by atoms with Gasteiger partial charge in [0.25, 0.3) is 0 Å². The lowest BCUT2D eigenvalue weighted by molar-refractivity contribution is -0.109. The molecule has 0 aromatic carbocycles. The fraction of sp³-hybridized carbons (Fsp3) is 0.700. The molecule has 2 fully saturated rings. The van der Waals surface area contributed by atoms with Crippen LogP contribution in [0.1, 0.15) is 65.7 Å². The number of hydrogen-bond donors (Lipinski definition) is 0. The number of carbonyl (C=O) groups is 2. The Kier molecular flexibility index (Phi) is 5.09. The summed E-state index contributed by atoms with van der Waals surface area (Å²) in [5.41, 5.74) is 2.63. The van der Waals surface area contributed by atoms with Gasteiger partial charge in [0.05, 0.1) is 0 Å². The van der Waals surface area contributed by atoms with Crippen molar-refractivity contribution in [3.63, 3.8) is 0 Å². The van der Waals surface area contributed by atoms with E-state index in [1.165, 1.54) is 31.3 Å². The van der Waals surface area contributed by atoms with E-state index in [2.05, 4.69) is 27.4 Å². The predicted octanol–water partition coefficient (Wildman–Crippen LogP) is 4.89. The SMILES string of the molecule is C=C1CC[C@@H]2C(C)(C)CCC[C@]2(C)[C@H]1CC=C(C=O)CC=O. The summed E-state index contributed by atoms with van der Waals surface area (Å²) in [5, 5.41) is 0. The maximum Gasteiger partial charge on any atom is 0.146 e. The zero-order valence-corrected chi connectivity index (χ0v) is 14.4. The first-order valence-corrected chi connectivity index (χ1v) is 8.60. The van der Waals surface area contributed by atoms with Crippen LogP contribution in [0.2, 0.25) is 0 Å². The minimum Gasteiger partial charge on any atom is -0.303 e. The molecule has 2 nitrogen and oxygen atoms in total. The molecule has 0 heterocycles. The van der Waals surface area contributed by atoms with E-state index in [1.807, 2.05) is 6.08 Å². The second kappa shape index (κ2) is 6.52. The molecule has 2 saturated carbocycles. The van der Waals surface area contributed by atoms with Crippen molar-refractivity contribution in [1.29, 1.82) is 0 Å². The van der Waals surface area contributed by atoms with Crippen LogP contribution in [0, 0.1) is 22.7 Å². The highest BCUT2D eigenvalue weighted by Gasteiger charge is 2.52. The van der Waals surface area contributed by atoms with Gasteiger partial charge in [0.15, 0.2) is 0 Å². The van der Waals surface area contributed by atoms with E-state index < -0.39 is 0 Å². The molecule has 0 bridgehead atoms. The predicted molar refractivity (Wildman–Crippen MR) is 90.5 cm³/mol. The second-order valence-electron chi connectivity index (χ2n) is 8.15. The Labute approximate surface area is 135 Å². The lowest BCUT2D eigenvalue weighted by Gasteiger charge is -2.58. The minimum atomic E-state index is 0.230. The summed E-state index contributed by atoms with van der Waals surface area (Å²) >= 11 is 0. The first-order chi connectivity index (χ1) is 10.3. The third kappa shape index (κ3) is 3.11. The van der Waals surface area contributed by atoms with Crippen molar-refractivity contribution in [2.45, 2.75) is 65.7 Å². The topological polar surface area (TPSA) is 34.1 Å². The normalized spacial score (nSPS) is 34.9. The van der Waals surface area contributed by atoms with Gasteiger partial charge in [-0.25, -0.2) is 0 Å². The molecule has 122 valence electrons. The average molecular weight is 302 g/mol. The van der Waals surface area contributed by atoms with E-state index in [0.717, 1.165) is 31.3 Å². The maximum atomic E-state index is 11.1. The summed E-state index contributed by atoms with van der Waals surface area (Å²) in [6.07, 6.45) is 10.9. The molecular weight excluding hydrogens is 272 g/mol. The minimum absolute atomic E-state index is 0.230. The van der Waals surface area contributed by atoms with E-state index in [1.54, 1.807) is 0 Å². The third-order valence-electron chi connectivity index (χ3n) is 6.41. The first-order valence-electron chi connectivity index (χ1n) is 8.60. The molecule has 0 N–H and O–H groups in total. The van der Waals surface area contributed by atoms with E-state index in [9.17, 15) is 9.59 Å². The summed E-state index contributed by atoms with van der Waals surface area (Å²) in [7, 11) is 0. The Morgan fingerprint density at radius 2 is 2.00 bits per heavy atom. The highest BCUT2D eigenvalue weighted by atomic mass is 16.1. The van der Waals surface area contributed by atoms with Crippen molar-refractivity contribution in [2.75, 3.05) is 0 Å². The monoisotopic (exact) mass is 302 g/mol. The van der Waals surface area contributed by atoms with Crippen LogP contribution in [0.5, 0.6) is 0 Å². The molecule has 0 spiro atoms. The lowest BCUT2D eigenvalue weighted by atomic mass is 9.47. The Bertz CT molecular complexity index is 486. The molecule has 0 aromatic heterocycles. The molecule has 2 aliphatic carbocycles. The van der Waals surface area contributed by atoms with Gasteiger partial charge in [0, 0.05) is 6.42 Å². The number of rotatable bonds is 5. The van der Waals surface area contributed by atoms with Crippen molar-refractivity contribution >= 4 is 12.6 Å². The number of carbonyl (C=O) groups excluding carboxylic acids is 2. The van der Waals surface area contributed by atoms with Gasteiger partial charge in [-0.3, -0.25) is 4.79 Å². The van der Waals surface area contributed by atoms with Gasteiger partial charge < -0.3 is 4.79 Å². The molecule has 0 aliphatic heterocycles. The van der Waals surface area contributed by atoms with E-state index in [4.69, 9.17) is 0 Å². The van der Waals surface area contributed by atoms with Gasteiger partial charge in [-0.15, -0.1) is 0 Å². The van der Waals surface area contributed by atoms with Gasteiger partial charge >= 0.3 is 0 Å². The Morgan fingerprint density at radius 3 is 2.64 bits per heavy atom. The molecule has 0 unspecified atom stereocenters. The zero-order valence-electron chi connectivity index (χ0n) is 14.4. The van der Waals surface area contributed by atoms with Crippen LogP contribution >= 0.6 is 0 Å². The van der Waals surface area contributed by atoms with Crippen LogP contribution in [0.25, 0.3) is 0 Å². The Balaban J connectivity index is 2.26. The number of allylic oxidation sites excluding steroid dienone is 3. The smallest absolute Gasteiger partial charge is 0.146 e. The third-order valence-corrected chi connectivity index (χ3v) is 6.41. The van der Waals surface area contributed by atoms with Crippen LogP contribution < -0.4 is 0 Å². The van der Waals surface area contributed by atoms with Crippen LogP contribution in [-0.4, -0.2) is 12.6 Å². The van der Waals surface area contributed by atoms with Crippen LogP contribution in [0.3, 0.4) is 0 Å². The second-order valence-corrected chi connectivity index (χ2v) is 8.15. The van der Waals surface area contributed by atoms with Crippen LogP contribution in [-0.2, 0) is 9.59 Å². The molecule has 3 atom stereocenters. The molecule has 0 aromatic rings. The van der Waals surface area contributed by atoms with E-state index in [-0.39, 0.29) is 11.8 Å². The van der Waals surface area contributed by atoms with Gasteiger partial charge in [-0.1, -0.05) is 45.4 Å². The lowest BCUT2D eigenvalue weighted by Crippen LogP contribution is -2.49. The van der Waals surface area contributed by atoms with E-state index >= 15 is 0 Å². The summed E-state index contributed by atoms with van der Waals surface area (Å²) in [4.78, 5) is 21.7. The molecule has 2 heteroatoms. The van der Waals surface area contributed by atoms with Crippen molar-refractivity contribution in [2.24, 2.45) is 22.7 Å². The highest BCUT2D eigenvalue weighted by Crippen LogP contribution is 2.61. The van der Waals surface area contributed by atoms with Gasteiger partial charge in [-0.2, -0.15) is 0 Å². The summed E-state index contributed by atoms with van der Waals surface area (Å²) in [6.45, 7) is 11.6. The molecule has 0 saturated heterocycles. The molecule has 22 heavy (non-hydrogen) atoms. The molecular formula is C20H30O2. The Hall–Kier alpha value is -1.18. The molecule has 2 aliphatic rings. The highest BCUT2D eigenvalue weighted by molar-refractivity contribution is 5.78. The standard InChI is InChI=1S/C20H30O2/c1-15-6-9-18-19(2,3)11-5-12-20(18,4)17(15)8-7-16(14-22)10-13-21/h7,13-14,17-18H,1,5-6,8-12H2,2-4H3/t17-,18+,20+/m0/s1. The van der Waals surface area contributed by atoms with Crippen molar-refractivity contribution < 1.29 is 9.59 Å². The quantitative estimate of drug-likeness (QED) is 0.411. The Morgan fingerprint density at radius 1 is 1.27 bits per heavy atom. The van der Waals surface area contributed by atoms with Crippen molar-refractivity contribution in [3.8, 4) is 0 Å². The number of aldehydes is 2. The van der Waals surface area contributed by atoms with Gasteiger partial charge in [-0.05, 0) is 60.3 Å². The number of hydrogen-bond acceptors (Lipinski definition) is 2. The van der Waals surface area contributed by atoms with Crippen LogP contribution in [0.4, 0.5) is 0 Å². The maximum absolute atomic E-state index is 11.1. The number of fused-ring (bicyclic) bond motifs is 1. The fourth-order valence-electron chi connectivity index (χ4n) is 5.25. The first kappa shape index (κ1) is 17.2. The van der Waals surface area contributed by atoms with E-state index in [0.29, 0.717) is 16.9 Å². The molecule has 2 rings (SSSR count).